The number of aliphatic hydroxyl groups excluding tert-OH is 1. The predicted molar refractivity (Wildman–Crippen MR) is 65.0 cm³/mol. The van der Waals surface area contributed by atoms with Gasteiger partial charge in [0.15, 0.2) is 0 Å². The summed E-state index contributed by atoms with van der Waals surface area (Å²) in [6.45, 7) is 2.26. The molecule has 5 heteroatoms. The minimum Gasteiger partial charge on any atom is -0.395 e. The largest absolute Gasteiger partial charge is 0.395 e. The molecule has 1 heterocycles. The van der Waals surface area contributed by atoms with E-state index in [1.807, 2.05) is 17.0 Å². The summed E-state index contributed by atoms with van der Waals surface area (Å²) in [7, 11) is 0. The fourth-order valence-electron chi connectivity index (χ4n) is 1.88. The number of rotatable bonds is 4. The lowest BCUT2D eigenvalue weighted by Crippen LogP contribution is -2.31. The van der Waals surface area contributed by atoms with Crippen LogP contribution in [0.5, 0.6) is 0 Å². The van der Waals surface area contributed by atoms with Crippen LogP contribution < -0.4 is 5.73 Å². The molecule has 0 spiro atoms. The van der Waals surface area contributed by atoms with Crippen LogP contribution >= 0.6 is 0 Å². The summed E-state index contributed by atoms with van der Waals surface area (Å²) < 4.78 is 0. The molecule has 1 aromatic rings. The number of nitrogens with two attached hydrogens (primary N) is 1. The van der Waals surface area contributed by atoms with Gasteiger partial charge in [-0.1, -0.05) is 12.1 Å². The zero-order chi connectivity index (χ0) is 12.3. The van der Waals surface area contributed by atoms with Crippen LogP contribution in [-0.2, 0) is 0 Å². The first-order valence-electron chi connectivity index (χ1n) is 5.53. The molecule has 5 nitrogen and oxygen atoms in total. The second-order valence-electron chi connectivity index (χ2n) is 3.86. The van der Waals surface area contributed by atoms with Crippen LogP contribution in [0.15, 0.2) is 29.3 Å². The molecule has 0 radical (unpaired) electrons. The van der Waals surface area contributed by atoms with E-state index in [1.54, 1.807) is 12.1 Å². The van der Waals surface area contributed by atoms with E-state index < -0.39 is 5.91 Å². The molecule has 17 heavy (non-hydrogen) atoms. The number of aliphatic hydroxyl groups is 1. The van der Waals surface area contributed by atoms with Gasteiger partial charge in [-0.15, -0.1) is 0 Å². The number of amides is 1. The average Bonchev–Trinajstić information content (AvgIpc) is 2.78. The normalized spacial score (nSPS) is 14.9. The Balaban J connectivity index is 2.19. The summed E-state index contributed by atoms with van der Waals surface area (Å²) in [5, 5.41) is 8.95. The maximum atomic E-state index is 10.9. The van der Waals surface area contributed by atoms with Crippen molar-refractivity contribution < 1.29 is 9.90 Å². The smallest absolute Gasteiger partial charge is 0.248 e. The van der Waals surface area contributed by atoms with Crippen molar-refractivity contribution >= 4 is 11.7 Å². The Morgan fingerprint density at radius 3 is 2.71 bits per heavy atom. The highest BCUT2D eigenvalue weighted by molar-refractivity contribution is 6.01. The number of primary amides is 1. The molecular weight excluding hydrogens is 218 g/mol. The van der Waals surface area contributed by atoms with Crippen LogP contribution in [0, 0.1) is 0 Å². The number of aliphatic imine (C=N–C) groups is 1. The lowest BCUT2D eigenvalue weighted by atomic mass is 10.1. The fraction of sp³-hybridized carbons (Fsp3) is 0.333. The molecule has 1 amide bonds. The highest BCUT2D eigenvalue weighted by atomic mass is 16.3. The van der Waals surface area contributed by atoms with Crippen molar-refractivity contribution in [3.8, 4) is 0 Å². The third-order valence-corrected chi connectivity index (χ3v) is 2.73. The zero-order valence-electron chi connectivity index (χ0n) is 9.47. The Morgan fingerprint density at radius 2 is 2.12 bits per heavy atom. The van der Waals surface area contributed by atoms with E-state index in [1.165, 1.54) is 0 Å². The number of carbonyl (C=O) groups is 1. The monoisotopic (exact) mass is 233 g/mol. The molecule has 0 unspecified atom stereocenters. The second kappa shape index (κ2) is 4.97. The summed E-state index contributed by atoms with van der Waals surface area (Å²) in [5.74, 6) is 0.437. The molecule has 0 atom stereocenters. The molecule has 0 aromatic heterocycles. The molecule has 2 rings (SSSR count). The SMILES string of the molecule is NC(=O)c1ccc(C2=NCCN2CCO)cc1. The molecule has 1 aliphatic heterocycles. The molecule has 3 N–H and O–H groups in total. The maximum absolute atomic E-state index is 10.9. The van der Waals surface area contributed by atoms with Gasteiger partial charge in [-0.3, -0.25) is 9.79 Å². The van der Waals surface area contributed by atoms with Gasteiger partial charge in [0.1, 0.15) is 5.84 Å². The Hall–Kier alpha value is -1.88. The van der Waals surface area contributed by atoms with Crippen LogP contribution in [0.4, 0.5) is 0 Å². The van der Waals surface area contributed by atoms with E-state index in [2.05, 4.69) is 4.99 Å². The fourth-order valence-corrected chi connectivity index (χ4v) is 1.88. The predicted octanol–water partition coefficient (Wildman–Crippen LogP) is -0.160. The van der Waals surface area contributed by atoms with Crippen molar-refractivity contribution in [2.24, 2.45) is 10.7 Å². The maximum Gasteiger partial charge on any atom is 0.248 e. The van der Waals surface area contributed by atoms with Gasteiger partial charge in [0.25, 0.3) is 0 Å². The van der Waals surface area contributed by atoms with Crippen LogP contribution in [-0.4, -0.2) is 48.0 Å². The lowest BCUT2D eigenvalue weighted by Gasteiger charge is -2.19. The van der Waals surface area contributed by atoms with Crippen LogP contribution in [0.2, 0.25) is 0 Å². The van der Waals surface area contributed by atoms with Crippen molar-refractivity contribution in [3.63, 3.8) is 0 Å². The van der Waals surface area contributed by atoms with E-state index in [4.69, 9.17) is 10.8 Å². The standard InChI is InChI=1S/C12H15N3O2/c13-11(17)9-1-3-10(4-2-9)12-14-5-6-15(12)7-8-16/h1-4,16H,5-8H2,(H2,13,17). The minimum atomic E-state index is -0.433. The second-order valence-corrected chi connectivity index (χ2v) is 3.86. The first-order valence-corrected chi connectivity index (χ1v) is 5.53. The van der Waals surface area contributed by atoms with Crippen LogP contribution in [0.1, 0.15) is 15.9 Å². The number of carbonyl (C=O) groups excluding carboxylic acids is 1. The van der Waals surface area contributed by atoms with E-state index in [9.17, 15) is 4.79 Å². The van der Waals surface area contributed by atoms with Gasteiger partial charge >= 0.3 is 0 Å². The van der Waals surface area contributed by atoms with E-state index in [0.717, 1.165) is 24.5 Å². The van der Waals surface area contributed by atoms with E-state index >= 15 is 0 Å². The van der Waals surface area contributed by atoms with Gasteiger partial charge in [-0.05, 0) is 12.1 Å². The summed E-state index contributed by atoms with van der Waals surface area (Å²) in [6, 6.07) is 7.04. The number of amidine groups is 1. The quantitative estimate of drug-likeness (QED) is 0.758. The Morgan fingerprint density at radius 1 is 1.41 bits per heavy atom. The lowest BCUT2D eigenvalue weighted by molar-refractivity contribution is 0.100. The number of nitrogens with zero attached hydrogens (tertiary/aromatic N) is 2. The molecule has 0 saturated heterocycles. The minimum absolute atomic E-state index is 0.110. The summed E-state index contributed by atoms with van der Waals surface area (Å²) in [6.07, 6.45) is 0. The molecular formula is C12H15N3O2. The molecule has 0 aliphatic carbocycles. The van der Waals surface area contributed by atoms with Crippen molar-refractivity contribution in [1.82, 2.24) is 4.90 Å². The first kappa shape index (κ1) is 11.6. The number of benzene rings is 1. The third kappa shape index (κ3) is 2.45. The summed E-state index contributed by atoms with van der Waals surface area (Å²) >= 11 is 0. The zero-order valence-corrected chi connectivity index (χ0v) is 9.47. The average molecular weight is 233 g/mol. The van der Waals surface area contributed by atoms with Gasteiger partial charge in [0.2, 0.25) is 5.91 Å². The highest BCUT2D eigenvalue weighted by Gasteiger charge is 2.17. The van der Waals surface area contributed by atoms with Crippen molar-refractivity contribution in [1.29, 1.82) is 0 Å². The van der Waals surface area contributed by atoms with E-state index in [0.29, 0.717) is 12.1 Å². The first-order chi connectivity index (χ1) is 8.22. The van der Waals surface area contributed by atoms with E-state index in [-0.39, 0.29) is 6.61 Å². The molecule has 90 valence electrons. The topological polar surface area (TPSA) is 78.9 Å². The van der Waals surface area contributed by atoms with Crippen molar-refractivity contribution in [2.75, 3.05) is 26.2 Å². The van der Waals surface area contributed by atoms with Gasteiger partial charge in [0.05, 0.1) is 13.2 Å². The summed E-state index contributed by atoms with van der Waals surface area (Å²) in [5.41, 5.74) is 6.61. The highest BCUT2D eigenvalue weighted by Crippen LogP contribution is 2.12. The molecule has 1 aromatic carbocycles. The van der Waals surface area contributed by atoms with Crippen molar-refractivity contribution in [2.45, 2.75) is 0 Å². The van der Waals surface area contributed by atoms with Crippen molar-refractivity contribution in [3.05, 3.63) is 35.4 Å². The third-order valence-electron chi connectivity index (χ3n) is 2.73. The Kier molecular flexibility index (Phi) is 3.39. The number of β-amino-alcohol motifs (C(OH)–C–C–N with tert-alkyl or cyclic N) is 1. The summed E-state index contributed by atoms with van der Waals surface area (Å²) in [4.78, 5) is 17.4. The van der Waals surface area contributed by atoms with Crippen LogP contribution in [0.25, 0.3) is 0 Å². The molecule has 0 fully saturated rings. The number of hydrogen-bond donors (Lipinski definition) is 2. The molecule has 0 saturated carbocycles. The molecule has 1 aliphatic rings. The van der Waals surface area contributed by atoms with Crippen LogP contribution in [0.3, 0.4) is 0 Å². The Bertz CT molecular complexity index is 440. The Labute approximate surface area is 99.6 Å². The molecule has 0 bridgehead atoms. The van der Waals surface area contributed by atoms with Gasteiger partial charge in [-0.2, -0.15) is 0 Å². The van der Waals surface area contributed by atoms with Gasteiger partial charge in [0, 0.05) is 24.2 Å². The van der Waals surface area contributed by atoms with Gasteiger partial charge in [-0.25, -0.2) is 0 Å². The number of hydrogen-bond acceptors (Lipinski definition) is 4. The van der Waals surface area contributed by atoms with Gasteiger partial charge < -0.3 is 15.7 Å².